The van der Waals surface area contributed by atoms with Crippen molar-refractivity contribution in [2.75, 3.05) is 20.8 Å². The summed E-state index contributed by atoms with van der Waals surface area (Å²) >= 11 is 1.13. The lowest BCUT2D eigenvalue weighted by Gasteiger charge is -2.16. The van der Waals surface area contributed by atoms with Crippen molar-refractivity contribution in [1.29, 1.82) is 0 Å². The third-order valence-electron chi connectivity index (χ3n) is 4.66. The molecule has 1 atom stereocenters. The highest BCUT2D eigenvalue weighted by molar-refractivity contribution is 8.00. The molecule has 1 N–H and O–H groups in total. The number of carboxylic acids is 1. The first-order valence-corrected chi connectivity index (χ1v) is 9.86. The second kappa shape index (κ2) is 9.00. The van der Waals surface area contributed by atoms with Crippen LogP contribution in [-0.2, 0) is 16.0 Å². The smallest absolute Gasteiger partial charge is 0.336 e. The highest BCUT2D eigenvalue weighted by atomic mass is 32.2. The van der Waals surface area contributed by atoms with Crippen LogP contribution in [0.1, 0.15) is 22.3 Å². The maximum absolute atomic E-state index is 12.7. The molecule has 1 aliphatic rings. The first kappa shape index (κ1) is 20.7. The van der Waals surface area contributed by atoms with E-state index < -0.39 is 11.2 Å². The number of aromatic carboxylic acids is 1. The molecule has 0 radical (unpaired) electrons. The Morgan fingerprint density at radius 2 is 1.86 bits per heavy atom. The van der Waals surface area contributed by atoms with E-state index in [1.165, 1.54) is 11.0 Å². The lowest BCUT2D eigenvalue weighted by atomic mass is 10.1. The van der Waals surface area contributed by atoms with Gasteiger partial charge in [0.15, 0.2) is 11.5 Å². The number of ether oxygens (including phenoxy) is 2. The number of hydrogen-bond acceptors (Lipinski definition) is 6. The fraction of sp³-hybridized carbons (Fsp3) is 0.286. The molecule has 0 bridgehead atoms. The summed E-state index contributed by atoms with van der Waals surface area (Å²) in [6, 6.07) is 11.9. The molecular formula is C21H21NO6S. The van der Waals surface area contributed by atoms with Crippen LogP contribution in [-0.4, -0.2) is 53.8 Å². The van der Waals surface area contributed by atoms with Gasteiger partial charge >= 0.3 is 5.97 Å². The number of benzene rings is 2. The lowest BCUT2D eigenvalue weighted by Crippen LogP contribution is -2.33. The van der Waals surface area contributed by atoms with E-state index in [9.17, 15) is 19.5 Å². The first-order valence-electron chi connectivity index (χ1n) is 8.98. The predicted octanol–water partition coefficient (Wildman–Crippen LogP) is 2.86. The maximum atomic E-state index is 12.7. The van der Waals surface area contributed by atoms with Crippen LogP contribution in [0.2, 0.25) is 0 Å². The van der Waals surface area contributed by atoms with Crippen LogP contribution < -0.4 is 9.47 Å². The molecule has 2 aromatic carbocycles. The van der Waals surface area contributed by atoms with Crippen LogP contribution >= 0.6 is 11.8 Å². The summed E-state index contributed by atoms with van der Waals surface area (Å²) in [4.78, 5) is 38.2. The van der Waals surface area contributed by atoms with Gasteiger partial charge in [0.25, 0.3) is 0 Å². The Morgan fingerprint density at radius 3 is 2.55 bits per heavy atom. The second-order valence-electron chi connectivity index (χ2n) is 6.43. The summed E-state index contributed by atoms with van der Waals surface area (Å²) in [6.07, 6.45) is 0.546. The van der Waals surface area contributed by atoms with Crippen LogP contribution in [0.15, 0.2) is 47.4 Å². The van der Waals surface area contributed by atoms with Crippen LogP contribution in [0.4, 0.5) is 0 Å². The van der Waals surface area contributed by atoms with Gasteiger partial charge in [-0.3, -0.25) is 14.5 Å². The van der Waals surface area contributed by atoms with E-state index in [0.717, 1.165) is 17.3 Å². The minimum atomic E-state index is -1.06. The number of methoxy groups -OCH3 is 2. The quantitative estimate of drug-likeness (QED) is 0.663. The van der Waals surface area contributed by atoms with Crippen LogP contribution in [0.3, 0.4) is 0 Å². The molecule has 7 nitrogen and oxygen atoms in total. The number of imide groups is 1. The summed E-state index contributed by atoms with van der Waals surface area (Å²) in [5, 5.41) is 8.69. The Labute approximate surface area is 172 Å². The van der Waals surface area contributed by atoms with Crippen molar-refractivity contribution in [3.63, 3.8) is 0 Å². The second-order valence-corrected chi connectivity index (χ2v) is 7.68. The summed E-state index contributed by atoms with van der Waals surface area (Å²) < 4.78 is 10.5. The van der Waals surface area contributed by atoms with E-state index in [1.54, 1.807) is 38.5 Å². The number of thioether (sulfide) groups is 1. The number of carboxylic acid groups (broad SMARTS) is 1. The fourth-order valence-electron chi connectivity index (χ4n) is 3.16. The average Bonchev–Trinajstić information content (AvgIpc) is 2.99. The molecule has 0 aromatic heterocycles. The fourth-order valence-corrected chi connectivity index (χ4v) is 4.36. The topological polar surface area (TPSA) is 93.1 Å². The molecule has 8 heteroatoms. The summed E-state index contributed by atoms with van der Waals surface area (Å²) in [6.45, 7) is 0.255. The van der Waals surface area contributed by atoms with E-state index in [0.29, 0.717) is 22.8 Å². The van der Waals surface area contributed by atoms with Gasteiger partial charge in [-0.1, -0.05) is 18.2 Å². The van der Waals surface area contributed by atoms with Gasteiger partial charge in [-0.25, -0.2) is 4.79 Å². The third kappa shape index (κ3) is 4.54. The van der Waals surface area contributed by atoms with Crippen LogP contribution in [0.25, 0.3) is 0 Å². The molecule has 152 valence electrons. The number of carbonyl (C=O) groups is 3. The van der Waals surface area contributed by atoms with Gasteiger partial charge in [0.1, 0.15) is 0 Å². The van der Waals surface area contributed by atoms with Crippen molar-refractivity contribution < 1.29 is 29.0 Å². The zero-order valence-electron chi connectivity index (χ0n) is 16.1. The van der Waals surface area contributed by atoms with Gasteiger partial charge in [-0.2, -0.15) is 0 Å². The number of nitrogens with zero attached hydrogens (tertiary/aromatic N) is 1. The van der Waals surface area contributed by atoms with Gasteiger partial charge in [-0.05, 0) is 36.2 Å². The molecule has 0 saturated carbocycles. The van der Waals surface area contributed by atoms with E-state index >= 15 is 0 Å². The van der Waals surface area contributed by atoms with Gasteiger partial charge in [-0.15, -0.1) is 11.8 Å². The number of rotatable bonds is 8. The zero-order valence-corrected chi connectivity index (χ0v) is 16.9. The van der Waals surface area contributed by atoms with Gasteiger partial charge in [0.05, 0.1) is 25.0 Å². The van der Waals surface area contributed by atoms with Crippen molar-refractivity contribution in [1.82, 2.24) is 4.90 Å². The largest absolute Gasteiger partial charge is 0.493 e. The number of amides is 2. The molecule has 0 aliphatic carbocycles. The van der Waals surface area contributed by atoms with Crippen molar-refractivity contribution in [3.05, 3.63) is 53.6 Å². The van der Waals surface area contributed by atoms with Gasteiger partial charge in [0.2, 0.25) is 11.8 Å². The highest BCUT2D eigenvalue weighted by Crippen LogP contribution is 2.34. The molecule has 3 rings (SSSR count). The zero-order chi connectivity index (χ0) is 21.0. The number of likely N-dealkylation sites (tertiary alicyclic amines) is 1. The van der Waals surface area contributed by atoms with Crippen molar-refractivity contribution >= 4 is 29.5 Å². The van der Waals surface area contributed by atoms with Crippen LogP contribution in [0.5, 0.6) is 11.5 Å². The summed E-state index contributed by atoms with van der Waals surface area (Å²) in [7, 11) is 3.10. The Morgan fingerprint density at radius 1 is 1.14 bits per heavy atom. The Bertz CT molecular complexity index is 945. The molecule has 1 aliphatic heterocycles. The Balaban J connectivity index is 1.68. The van der Waals surface area contributed by atoms with Gasteiger partial charge in [0, 0.05) is 17.9 Å². The molecule has 0 spiro atoms. The molecule has 1 heterocycles. The third-order valence-corrected chi connectivity index (χ3v) is 5.92. The van der Waals surface area contributed by atoms with E-state index in [4.69, 9.17) is 9.47 Å². The highest BCUT2D eigenvalue weighted by Gasteiger charge is 2.39. The molecular weight excluding hydrogens is 394 g/mol. The molecule has 1 fully saturated rings. The molecule has 1 saturated heterocycles. The Hall–Kier alpha value is -3.00. The Kier molecular flexibility index (Phi) is 6.43. The van der Waals surface area contributed by atoms with E-state index in [-0.39, 0.29) is 30.3 Å². The average molecular weight is 415 g/mol. The van der Waals surface area contributed by atoms with E-state index in [2.05, 4.69) is 0 Å². The number of carbonyl (C=O) groups excluding carboxylic acids is 2. The number of hydrogen-bond donors (Lipinski definition) is 1. The minimum Gasteiger partial charge on any atom is -0.493 e. The first-order chi connectivity index (χ1) is 13.9. The predicted molar refractivity (Wildman–Crippen MR) is 108 cm³/mol. The summed E-state index contributed by atoms with van der Waals surface area (Å²) in [5.41, 5.74) is 1.04. The summed E-state index contributed by atoms with van der Waals surface area (Å²) in [5.74, 6) is -0.405. The molecule has 29 heavy (non-hydrogen) atoms. The lowest BCUT2D eigenvalue weighted by molar-refractivity contribution is -0.138. The maximum Gasteiger partial charge on any atom is 0.336 e. The normalized spacial score (nSPS) is 16.2. The standard InChI is InChI=1S/C21H21NO6S/c1-27-15-8-7-13(11-16(15)28-2)9-10-22-19(23)12-18(20(22)24)29-17-6-4-3-5-14(17)21(25)26/h3-8,11,18H,9-10,12H2,1-2H3,(H,25,26). The van der Waals surface area contributed by atoms with Crippen molar-refractivity contribution in [2.24, 2.45) is 0 Å². The van der Waals surface area contributed by atoms with Gasteiger partial charge < -0.3 is 14.6 Å². The van der Waals surface area contributed by atoms with Crippen molar-refractivity contribution in [3.8, 4) is 11.5 Å². The minimum absolute atomic E-state index is 0.0589. The SMILES string of the molecule is COc1ccc(CCN2C(=O)CC(Sc3ccccc3C(=O)O)C2=O)cc1OC. The van der Waals surface area contributed by atoms with Crippen LogP contribution in [0, 0.1) is 0 Å². The van der Waals surface area contributed by atoms with Crippen molar-refractivity contribution in [2.45, 2.75) is 23.0 Å². The monoisotopic (exact) mass is 415 g/mol. The molecule has 2 aromatic rings. The van der Waals surface area contributed by atoms with E-state index in [1.807, 2.05) is 12.1 Å². The molecule has 1 unspecified atom stereocenters. The molecule has 2 amide bonds.